The van der Waals surface area contributed by atoms with E-state index >= 15 is 0 Å². The van der Waals surface area contributed by atoms with Gasteiger partial charge in [0.25, 0.3) is 0 Å². The van der Waals surface area contributed by atoms with Gasteiger partial charge in [0.2, 0.25) is 0 Å². The molecule has 0 radical (unpaired) electrons. The SMILES string of the molecule is CN(C)c1ccc(F)cc1OC1CC1. The maximum Gasteiger partial charge on any atom is 0.145 e. The molecule has 3 heteroatoms. The lowest BCUT2D eigenvalue weighted by Crippen LogP contribution is -2.11. The van der Waals surface area contributed by atoms with Crippen LogP contribution in [0.5, 0.6) is 5.75 Å². The highest BCUT2D eigenvalue weighted by molar-refractivity contribution is 5.57. The molecule has 0 aliphatic heterocycles. The monoisotopic (exact) mass is 195 g/mol. The van der Waals surface area contributed by atoms with Crippen molar-refractivity contribution in [3.8, 4) is 5.75 Å². The Bertz CT molecular complexity index is 334. The molecule has 0 amide bonds. The molecule has 0 heterocycles. The van der Waals surface area contributed by atoms with Crippen molar-refractivity contribution in [1.29, 1.82) is 0 Å². The number of nitrogens with zero attached hydrogens (tertiary/aromatic N) is 1. The minimum absolute atomic E-state index is 0.244. The standard InChI is InChI=1S/C11H14FNO/c1-13(2)10-6-3-8(12)7-11(10)14-9-4-5-9/h3,6-7,9H,4-5H2,1-2H3. The molecule has 0 N–H and O–H groups in total. The zero-order chi connectivity index (χ0) is 10.1. The maximum absolute atomic E-state index is 13.0. The van der Waals surface area contributed by atoms with Crippen LogP contribution in [0, 0.1) is 5.82 Å². The molecule has 0 saturated heterocycles. The average Bonchev–Trinajstić information content (AvgIpc) is 2.87. The first kappa shape index (κ1) is 9.31. The summed E-state index contributed by atoms with van der Waals surface area (Å²) in [7, 11) is 3.85. The molecule has 0 unspecified atom stereocenters. The van der Waals surface area contributed by atoms with Crippen LogP contribution in [0.15, 0.2) is 18.2 Å². The predicted molar refractivity (Wildman–Crippen MR) is 54.4 cm³/mol. The van der Waals surface area contributed by atoms with E-state index in [4.69, 9.17) is 4.74 Å². The number of hydrogen-bond donors (Lipinski definition) is 0. The van der Waals surface area contributed by atoms with Crippen LogP contribution in [-0.2, 0) is 0 Å². The molecule has 0 bridgehead atoms. The number of anilines is 1. The summed E-state index contributed by atoms with van der Waals surface area (Å²) >= 11 is 0. The summed E-state index contributed by atoms with van der Waals surface area (Å²) in [6.45, 7) is 0. The second-order valence-corrected chi connectivity index (χ2v) is 3.82. The summed E-state index contributed by atoms with van der Waals surface area (Å²) in [5.41, 5.74) is 0.929. The van der Waals surface area contributed by atoms with Gasteiger partial charge in [0, 0.05) is 20.2 Å². The van der Waals surface area contributed by atoms with E-state index in [0.717, 1.165) is 18.5 Å². The fraction of sp³-hybridized carbons (Fsp3) is 0.455. The molecule has 1 aromatic carbocycles. The highest BCUT2D eigenvalue weighted by atomic mass is 19.1. The Morgan fingerprint density at radius 2 is 2.07 bits per heavy atom. The van der Waals surface area contributed by atoms with Crippen LogP contribution in [0.3, 0.4) is 0 Å². The molecule has 0 atom stereocenters. The van der Waals surface area contributed by atoms with E-state index in [0.29, 0.717) is 11.9 Å². The van der Waals surface area contributed by atoms with Crippen LogP contribution in [0.1, 0.15) is 12.8 Å². The van der Waals surface area contributed by atoms with E-state index in [2.05, 4.69) is 0 Å². The van der Waals surface area contributed by atoms with Crippen LogP contribution < -0.4 is 9.64 Å². The van der Waals surface area contributed by atoms with Crippen molar-refractivity contribution in [2.24, 2.45) is 0 Å². The normalized spacial score (nSPS) is 15.4. The second-order valence-electron chi connectivity index (χ2n) is 3.82. The van der Waals surface area contributed by atoms with E-state index in [1.54, 1.807) is 6.07 Å². The first-order chi connectivity index (χ1) is 6.66. The van der Waals surface area contributed by atoms with Gasteiger partial charge < -0.3 is 9.64 Å². The van der Waals surface area contributed by atoms with Gasteiger partial charge in [-0.3, -0.25) is 0 Å². The molecule has 76 valence electrons. The summed E-state index contributed by atoms with van der Waals surface area (Å²) in [4.78, 5) is 1.93. The van der Waals surface area contributed by atoms with Crippen molar-refractivity contribution < 1.29 is 9.13 Å². The maximum atomic E-state index is 13.0. The number of halogens is 1. The Balaban J connectivity index is 2.27. The molecule has 2 rings (SSSR count). The van der Waals surface area contributed by atoms with Crippen molar-refractivity contribution >= 4 is 5.69 Å². The Kier molecular flexibility index (Phi) is 2.32. The Morgan fingerprint density at radius 3 is 2.64 bits per heavy atom. The van der Waals surface area contributed by atoms with Crippen LogP contribution in [0.25, 0.3) is 0 Å². The Hall–Kier alpha value is -1.25. The molecule has 0 spiro atoms. The summed E-state index contributed by atoms with van der Waals surface area (Å²) in [6.07, 6.45) is 2.47. The highest BCUT2D eigenvalue weighted by Gasteiger charge is 2.25. The molecule has 1 fully saturated rings. The van der Waals surface area contributed by atoms with Crippen molar-refractivity contribution in [3.05, 3.63) is 24.0 Å². The number of ether oxygens (including phenoxy) is 1. The van der Waals surface area contributed by atoms with Crippen LogP contribution in [-0.4, -0.2) is 20.2 Å². The molecule has 2 nitrogen and oxygen atoms in total. The molecular formula is C11H14FNO. The van der Waals surface area contributed by atoms with E-state index in [-0.39, 0.29) is 5.82 Å². The van der Waals surface area contributed by atoms with Crippen LogP contribution in [0.4, 0.5) is 10.1 Å². The Morgan fingerprint density at radius 1 is 1.36 bits per heavy atom. The highest BCUT2D eigenvalue weighted by Crippen LogP contribution is 2.33. The third kappa shape index (κ3) is 1.97. The van der Waals surface area contributed by atoms with E-state index in [1.165, 1.54) is 12.1 Å². The average molecular weight is 195 g/mol. The van der Waals surface area contributed by atoms with Crippen LogP contribution >= 0.6 is 0 Å². The summed E-state index contributed by atoms with van der Waals surface area (Å²) in [5.74, 6) is 0.406. The van der Waals surface area contributed by atoms with Crippen molar-refractivity contribution in [3.63, 3.8) is 0 Å². The summed E-state index contributed by atoms with van der Waals surface area (Å²) in [5, 5.41) is 0. The first-order valence-electron chi connectivity index (χ1n) is 4.80. The fourth-order valence-corrected chi connectivity index (χ4v) is 1.32. The van der Waals surface area contributed by atoms with Gasteiger partial charge in [0.05, 0.1) is 11.8 Å². The minimum Gasteiger partial charge on any atom is -0.488 e. The van der Waals surface area contributed by atoms with Gasteiger partial charge in [-0.2, -0.15) is 0 Å². The first-order valence-corrected chi connectivity index (χ1v) is 4.80. The zero-order valence-electron chi connectivity index (χ0n) is 8.46. The molecule has 1 aromatic rings. The molecular weight excluding hydrogens is 181 g/mol. The van der Waals surface area contributed by atoms with Crippen molar-refractivity contribution in [2.45, 2.75) is 18.9 Å². The third-order valence-electron chi connectivity index (χ3n) is 2.22. The second kappa shape index (κ2) is 3.48. The Labute approximate surface area is 83.3 Å². The van der Waals surface area contributed by atoms with E-state index in [1.807, 2.05) is 19.0 Å². The van der Waals surface area contributed by atoms with Gasteiger partial charge in [-0.05, 0) is 25.0 Å². The van der Waals surface area contributed by atoms with Gasteiger partial charge >= 0.3 is 0 Å². The lowest BCUT2D eigenvalue weighted by molar-refractivity contribution is 0.302. The van der Waals surface area contributed by atoms with Crippen molar-refractivity contribution in [2.75, 3.05) is 19.0 Å². The lowest BCUT2D eigenvalue weighted by Gasteiger charge is -2.17. The van der Waals surface area contributed by atoms with E-state index in [9.17, 15) is 4.39 Å². The topological polar surface area (TPSA) is 12.5 Å². The molecule has 1 saturated carbocycles. The number of benzene rings is 1. The molecule has 1 aliphatic rings. The van der Waals surface area contributed by atoms with Gasteiger partial charge in [-0.25, -0.2) is 4.39 Å². The number of hydrogen-bond acceptors (Lipinski definition) is 2. The van der Waals surface area contributed by atoms with Crippen LogP contribution in [0.2, 0.25) is 0 Å². The summed E-state index contributed by atoms with van der Waals surface area (Å²) in [6, 6.07) is 4.65. The lowest BCUT2D eigenvalue weighted by atomic mass is 10.2. The van der Waals surface area contributed by atoms with Gasteiger partial charge in [0.1, 0.15) is 11.6 Å². The number of rotatable bonds is 3. The quantitative estimate of drug-likeness (QED) is 0.734. The molecule has 14 heavy (non-hydrogen) atoms. The largest absolute Gasteiger partial charge is 0.488 e. The molecule has 0 aromatic heterocycles. The molecule has 1 aliphatic carbocycles. The van der Waals surface area contributed by atoms with Gasteiger partial charge in [0.15, 0.2) is 0 Å². The van der Waals surface area contributed by atoms with Gasteiger partial charge in [-0.15, -0.1) is 0 Å². The summed E-state index contributed by atoms with van der Waals surface area (Å²) < 4.78 is 18.6. The van der Waals surface area contributed by atoms with Gasteiger partial charge in [-0.1, -0.05) is 0 Å². The van der Waals surface area contributed by atoms with Crippen molar-refractivity contribution in [1.82, 2.24) is 0 Å². The fourth-order valence-electron chi connectivity index (χ4n) is 1.32. The van der Waals surface area contributed by atoms with E-state index < -0.39 is 0 Å². The zero-order valence-corrected chi connectivity index (χ0v) is 8.46. The minimum atomic E-state index is -0.244. The smallest absolute Gasteiger partial charge is 0.145 e. The predicted octanol–water partition coefficient (Wildman–Crippen LogP) is 2.43. The third-order valence-corrected chi connectivity index (χ3v) is 2.22.